The van der Waals surface area contributed by atoms with Gasteiger partial charge in [-0.05, 0) is 36.0 Å². The predicted molar refractivity (Wildman–Crippen MR) is 72.0 cm³/mol. The van der Waals surface area contributed by atoms with Gasteiger partial charge in [-0.15, -0.1) is 0 Å². The van der Waals surface area contributed by atoms with Crippen molar-refractivity contribution < 1.29 is 18.3 Å². The van der Waals surface area contributed by atoms with E-state index in [0.717, 1.165) is 0 Å². The van der Waals surface area contributed by atoms with Crippen molar-refractivity contribution in [3.8, 4) is 11.5 Å². The second kappa shape index (κ2) is 7.47. The van der Waals surface area contributed by atoms with Crippen LogP contribution in [-0.2, 0) is 0 Å². The maximum Gasteiger partial charge on any atom is 0.272 e. The molecule has 0 fully saturated rings. The molecule has 0 aliphatic carbocycles. The first kappa shape index (κ1) is 15.1. The van der Waals surface area contributed by atoms with Crippen molar-refractivity contribution in [1.29, 1.82) is 0 Å². The van der Waals surface area contributed by atoms with Crippen LogP contribution in [0, 0.1) is 0 Å². The largest absolute Gasteiger partial charge is 0.493 e. The molecule has 0 atom stereocenters. The average Bonchev–Trinajstić information content (AvgIpc) is 2.36. The van der Waals surface area contributed by atoms with Gasteiger partial charge in [-0.3, -0.25) is 5.43 Å². The Hall–Kier alpha value is -1.96. The van der Waals surface area contributed by atoms with E-state index in [0.29, 0.717) is 11.3 Å². The Morgan fingerprint density at radius 3 is 2.84 bits per heavy atom. The van der Waals surface area contributed by atoms with Gasteiger partial charge in [-0.25, -0.2) is 8.78 Å². The lowest BCUT2D eigenvalue weighted by Gasteiger charge is -2.10. The Labute approximate surface area is 114 Å². The molecule has 0 spiro atoms. The number of hydrogen-bond acceptors (Lipinski definition) is 4. The van der Waals surface area contributed by atoms with Crippen molar-refractivity contribution in [3.05, 3.63) is 23.8 Å². The third kappa shape index (κ3) is 5.47. The van der Waals surface area contributed by atoms with Gasteiger partial charge in [0.25, 0.3) is 6.43 Å². The van der Waals surface area contributed by atoms with Gasteiger partial charge in [0.15, 0.2) is 16.6 Å². The number of hydrazone groups is 1. The summed E-state index contributed by atoms with van der Waals surface area (Å²) in [6.07, 6.45) is -1.08. The van der Waals surface area contributed by atoms with Gasteiger partial charge < -0.3 is 15.2 Å². The minimum atomic E-state index is -2.54. The van der Waals surface area contributed by atoms with Crippen LogP contribution in [-0.4, -0.2) is 31.5 Å². The Kier molecular flexibility index (Phi) is 5.94. The maximum absolute atomic E-state index is 12.1. The fraction of sp³-hybridized carbons (Fsp3) is 0.273. The first-order chi connectivity index (χ1) is 9.02. The van der Waals surface area contributed by atoms with Gasteiger partial charge in [0.05, 0.1) is 13.3 Å². The average molecular weight is 289 g/mol. The van der Waals surface area contributed by atoms with Crippen LogP contribution in [0.2, 0.25) is 0 Å². The van der Waals surface area contributed by atoms with Crippen LogP contribution in [0.1, 0.15) is 5.56 Å². The van der Waals surface area contributed by atoms with Gasteiger partial charge in [0, 0.05) is 0 Å². The zero-order valence-corrected chi connectivity index (χ0v) is 10.9. The number of nitrogens with two attached hydrogens (primary N) is 1. The van der Waals surface area contributed by atoms with E-state index in [1.54, 1.807) is 12.1 Å². The second-order valence-electron chi connectivity index (χ2n) is 3.35. The quantitative estimate of drug-likeness (QED) is 0.472. The standard InChI is InChI=1S/C11H13F2N3O2S/c1-17-9-4-7(5-15-16-11(14)19)2-3-8(9)18-6-10(12)13/h2-5,10H,6H2,1H3,(H3,14,16,19). The molecule has 3 N–H and O–H groups in total. The van der Waals surface area contributed by atoms with Crippen molar-refractivity contribution in [2.24, 2.45) is 10.8 Å². The van der Waals surface area contributed by atoms with Gasteiger partial charge in [0.2, 0.25) is 0 Å². The summed E-state index contributed by atoms with van der Waals surface area (Å²) >= 11 is 4.58. The maximum atomic E-state index is 12.1. The number of methoxy groups -OCH3 is 1. The third-order valence-corrected chi connectivity index (χ3v) is 2.03. The molecule has 0 unspecified atom stereocenters. The van der Waals surface area contributed by atoms with Crippen LogP contribution in [0.25, 0.3) is 0 Å². The molecular weight excluding hydrogens is 276 g/mol. The summed E-state index contributed by atoms with van der Waals surface area (Å²) in [5, 5.41) is 3.80. The fourth-order valence-electron chi connectivity index (χ4n) is 1.21. The Bertz CT molecular complexity index is 469. The number of benzene rings is 1. The second-order valence-corrected chi connectivity index (χ2v) is 3.79. The Morgan fingerprint density at radius 1 is 1.53 bits per heavy atom. The molecule has 0 saturated carbocycles. The van der Waals surface area contributed by atoms with E-state index < -0.39 is 13.0 Å². The number of hydrogen-bond donors (Lipinski definition) is 2. The summed E-state index contributed by atoms with van der Waals surface area (Å²) < 4.78 is 34.1. The molecule has 19 heavy (non-hydrogen) atoms. The molecule has 0 saturated heterocycles. The fourth-order valence-corrected chi connectivity index (χ4v) is 1.26. The monoisotopic (exact) mass is 289 g/mol. The van der Waals surface area contributed by atoms with E-state index in [1.807, 2.05) is 0 Å². The summed E-state index contributed by atoms with van der Waals surface area (Å²) in [6.45, 7) is -0.688. The summed E-state index contributed by atoms with van der Waals surface area (Å²) in [4.78, 5) is 0. The normalized spacial score (nSPS) is 10.7. The van der Waals surface area contributed by atoms with E-state index in [2.05, 4.69) is 22.7 Å². The molecule has 8 heteroatoms. The highest BCUT2D eigenvalue weighted by atomic mass is 32.1. The summed E-state index contributed by atoms with van der Waals surface area (Å²) in [5.41, 5.74) is 8.26. The minimum Gasteiger partial charge on any atom is -0.493 e. The number of rotatable bonds is 6. The molecule has 1 rings (SSSR count). The Balaban J connectivity index is 2.77. The van der Waals surface area contributed by atoms with Crippen LogP contribution >= 0.6 is 12.2 Å². The lowest BCUT2D eigenvalue weighted by Crippen LogP contribution is -2.23. The lowest BCUT2D eigenvalue weighted by atomic mass is 10.2. The van der Waals surface area contributed by atoms with Gasteiger partial charge in [-0.2, -0.15) is 5.10 Å². The molecule has 104 valence electrons. The molecule has 0 aromatic heterocycles. The van der Waals surface area contributed by atoms with Crippen molar-refractivity contribution in [2.75, 3.05) is 13.7 Å². The molecule has 0 radical (unpaired) electrons. The molecular formula is C11H13F2N3O2S. The molecule has 0 aliphatic heterocycles. The number of ether oxygens (including phenoxy) is 2. The van der Waals surface area contributed by atoms with Crippen LogP contribution < -0.4 is 20.6 Å². The molecule has 0 aliphatic rings. The SMILES string of the molecule is COc1cc(C=NNC(N)=S)ccc1OCC(F)F. The highest BCUT2D eigenvalue weighted by molar-refractivity contribution is 7.80. The molecule has 0 bridgehead atoms. The molecule has 0 heterocycles. The molecule has 1 aromatic rings. The minimum absolute atomic E-state index is 0.0418. The lowest BCUT2D eigenvalue weighted by molar-refractivity contribution is 0.0804. The highest BCUT2D eigenvalue weighted by Crippen LogP contribution is 2.27. The number of nitrogens with zero attached hydrogens (tertiary/aromatic N) is 1. The summed E-state index contributed by atoms with van der Waals surface area (Å²) in [5.74, 6) is 0.571. The van der Waals surface area contributed by atoms with Crippen LogP contribution in [0.3, 0.4) is 0 Å². The zero-order valence-electron chi connectivity index (χ0n) is 10.1. The summed E-state index contributed by atoms with van der Waals surface area (Å²) in [7, 11) is 1.42. The third-order valence-electron chi connectivity index (χ3n) is 1.94. The number of thiocarbonyl (C=S) groups is 1. The van der Waals surface area contributed by atoms with E-state index in [9.17, 15) is 8.78 Å². The number of halogens is 2. The van der Waals surface area contributed by atoms with Crippen LogP contribution in [0.4, 0.5) is 8.78 Å². The smallest absolute Gasteiger partial charge is 0.272 e. The van der Waals surface area contributed by atoms with E-state index >= 15 is 0 Å². The number of alkyl halides is 2. The predicted octanol–water partition coefficient (Wildman–Crippen LogP) is 1.51. The molecule has 1 aromatic carbocycles. The first-order valence-corrected chi connectivity index (χ1v) is 5.61. The van der Waals surface area contributed by atoms with Gasteiger partial charge in [-0.1, -0.05) is 0 Å². The first-order valence-electron chi connectivity index (χ1n) is 5.20. The van der Waals surface area contributed by atoms with E-state index in [4.69, 9.17) is 15.2 Å². The summed E-state index contributed by atoms with van der Waals surface area (Å²) in [6, 6.07) is 4.74. The van der Waals surface area contributed by atoms with Gasteiger partial charge in [0.1, 0.15) is 6.61 Å². The van der Waals surface area contributed by atoms with Gasteiger partial charge >= 0.3 is 0 Å². The van der Waals surface area contributed by atoms with Crippen LogP contribution in [0.15, 0.2) is 23.3 Å². The van der Waals surface area contributed by atoms with Crippen LogP contribution in [0.5, 0.6) is 11.5 Å². The topological polar surface area (TPSA) is 68.9 Å². The Morgan fingerprint density at radius 2 is 2.26 bits per heavy atom. The van der Waals surface area contributed by atoms with Crippen molar-refractivity contribution >= 4 is 23.5 Å². The van der Waals surface area contributed by atoms with Crippen molar-refractivity contribution in [3.63, 3.8) is 0 Å². The molecule has 5 nitrogen and oxygen atoms in total. The molecule has 0 amide bonds. The van der Waals surface area contributed by atoms with Crippen molar-refractivity contribution in [2.45, 2.75) is 6.43 Å². The van der Waals surface area contributed by atoms with Crippen molar-refractivity contribution in [1.82, 2.24) is 5.43 Å². The van der Waals surface area contributed by atoms with E-state index in [1.165, 1.54) is 19.4 Å². The highest BCUT2D eigenvalue weighted by Gasteiger charge is 2.08. The number of nitrogens with one attached hydrogen (secondary N) is 1. The van der Waals surface area contributed by atoms with E-state index in [-0.39, 0.29) is 10.9 Å². The zero-order chi connectivity index (χ0) is 14.3.